The molecule has 3 atom stereocenters. The van der Waals surface area contributed by atoms with E-state index in [4.69, 9.17) is 9.05 Å². The summed E-state index contributed by atoms with van der Waals surface area (Å²) in [7, 11) is 1.31. The summed E-state index contributed by atoms with van der Waals surface area (Å²) in [6.07, 6.45) is 54.8. The van der Waals surface area contributed by atoms with Gasteiger partial charge in [-0.15, -0.1) is 0 Å². The van der Waals surface area contributed by atoms with Crippen molar-refractivity contribution in [2.45, 2.75) is 270 Å². The van der Waals surface area contributed by atoms with E-state index in [1.807, 2.05) is 21.1 Å². The number of hydrogen-bond donors (Lipinski definition) is 2. The number of phosphoric acid groups is 1. The van der Waals surface area contributed by atoms with Gasteiger partial charge < -0.3 is 28.8 Å². The first-order valence-electron chi connectivity index (χ1n) is 26.7. The molecule has 0 aromatic rings. The maximum atomic E-state index is 12.9. The van der Waals surface area contributed by atoms with E-state index in [1.54, 1.807) is 0 Å². The summed E-state index contributed by atoms with van der Waals surface area (Å²) in [4.78, 5) is 25.4. The Balaban J connectivity index is 4.12. The zero-order chi connectivity index (χ0) is 45.7. The summed E-state index contributed by atoms with van der Waals surface area (Å²) in [6, 6.07) is -0.799. The van der Waals surface area contributed by atoms with E-state index in [0.29, 0.717) is 23.9 Å². The fourth-order valence-electron chi connectivity index (χ4n) is 7.95. The van der Waals surface area contributed by atoms with Crippen LogP contribution in [0.1, 0.15) is 258 Å². The third kappa shape index (κ3) is 47.0. The molecule has 0 aromatic carbocycles. The number of unbranched alkanes of at least 4 members (excludes halogenated alkanes) is 32. The highest BCUT2D eigenvalue weighted by molar-refractivity contribution is 7.45. The molecule has 0 aliphatic heterocycles. The molecule has 0 saturated heterocycles. The van der Waals surface area contributed by atoms with Crippen LogP contribution < -0.4 is 10.2 Å². The number of rotatable bonds is 49. The van der Waals surface area contributed by atoms with Crippen molar-refractivity contribution in [2.24, 2.45) is 0 Å². The van der Waals surface area contributed by atoms with E-state index in [2.05, 4.69) is 43.5 Å². The Morgan fingerprint density at radius 3 is 1.34 bits per heavy atom. The van der Waals surface area contributed by atoms with E-state index in [1.165, 1.54) is 186 Å². The molecule has 0 fully saturated rings. The molecule has 2 N–H and O–H groups in total. The number of carbonyl (C=O) groups excluding carboxylic acids is 1. The lowest BCUT2D eigenvalue weighted by atomic mass is 10.0. The fourth-order valence-corrected chi connectivity index (χ4v) is 8.68. The second-order valence-electron chi connectivity index (χ2n) is 19.6. The van der Waals surface area contributed by atoms with Crippen molar-refractivity contribution in [3.05, 3.63) is 24.3 Å². The molecule has 0 bridgehead atoms. The lowest BCUT2D eigenvalue weighted by molar-refractivity contribution is -0.870. The minimum Gasteiger partial charge on any atom is -0.756 e. The molecular weight excluding hydrogens is 792 g/mol. The minimum atomic E-state index is -4.57. The van der Waals surface area contributed by atoms with Crippen LogP contribution in [-0.2, 0) is 18.4 Å². The van der Waals surface area contributed by atoms with Gasteiger partial charge in [0.1, 0.15) is 13.2 Å². The summed E-state index contributed by atoms with van der Waals surface area (Å²) < 4.78 is 23.3. The van der Waals surface area contributed by atoms with Crippen LogP contribution in [0.4, 0.5) is 0 Å². The number of nitrogens with zero attached hydrogens (tertiary/aromatic N) is 1. The van der Waals surface area contributed by atoms with Crippen molar-refractivity contribution >= 4 is 13.7 Å². The predicted octanol–water partition coefficient (Wildman–Crippen LogP) is 15.0. The van der Waals surface area contributed by atoms with Crippen LogP contribution in [0, 0.1) is 0 Å². The van der Waals surface area contributed by atoms with Crippen LogP contribution in [-0.4, -0.2) is 68.5 Å². The Hall–Kier alpha value is -1.02. The first kappa shape index (κ1) is 61.0. The molecule has 1 amide bonds. The summed E-state index contributed by atoms with van der Waals surface area (Å²) in [5, 5.41) is 14.0. The first-order chi connectivity index (χ1) is 30.0. The molecule has 8 nitrogen and oxygen atoms in total. The second-order valence-corrected chi connectivity index (χ2v) is 21.0. The van der Waals surface area contributed by atoms with E-state index < -0.39 is 20.0 Å². The fraction of sp³-hybridized carbons (Fsp3) is 0.906. The van der Waals surface area contributed by atoms with Crippen molar-refractivity contribution in [3.8, 4) is 0 Å². The number of carbonyl (C=O) groups is 1. The SMILES string of the molecule is CCCCCCCCCCC/C=C\C/C=C\CCCCCCCCCCCCCC(=O)NC(COP(=O)([O-])OCC[N+](C)(C)C)C(O)CCCCCCCCCCCCCCC. The van der Waals surface area contributed by atoms with E-state index >= 15 is 0 Å². The first-order valence-corrected chi connectivity index (χ1v) is 28.1. The van der Waals surface area contributed by atoms with Gasteiger partial charge in [-0.2, -0.15) is 0 Å². The molecule has 0 heterocycles. The van der Waals surface area contributed by atoms with Gasteiger partial charge in [-0.25, -0.2) is 0 Å². The molecule has 0 aliphatic rings. The zero-order valence-electron chi connectivity index (χ0n) is 41.8. The van der Waals surface area contributed by atoms with Gasteiger partial charge in [0.05, 0.1) is 39.9 Å². The van der Waals surface area contributed by atoms with E-state index in [-0.39, 0.29) is 19.1 Å². The Morgan fingerprint density at radius 2 is 0.935 bits per heavy atom. The van der Waals surface area contributed by atoms with Crippen LogP contribution in [0.2, 0.25) is 0 Å². The number of amides is 1. The molecule has 9 heteroatoms. The largest absolute Gasteiger partial charge is 0.756 e. The average molecular weight is 897 g/mol. The third-order valence-corrected chi connectivity index (χ3v) is 13.2. The summed E-state index contributed by atoms with van der Waals surface area (Å²) in [5.74, 6) is -0.165. The summed E-state index contributed by atoms with van der Waals surface area (Å²) in [6.45, 7) is 4.73. The molecule has 0 aromatic heterocycles. The third-order valence-electron chi connectivity index (χ3n) is 12.2. The normalized spacial score (nSPS) is 14.2. The van der Waals surface area contributed by atoms with Gasteiger partial charge in [0, 0.05) is 6.42 Å². The van der Waals surface area contributed by atoms with Crippen LogP contribution in [0.25, 0.3) is 0 Å². The number of allylic oxidation sites excluding steroid dienone is 4. The Bertz CT molecular complexity index is 1060. The number of phosphoric ester groups is 1. The maximum Gasteiger partial charge on any atom is 0.268 e. The average Bonchev–Trinajstić information content (AvgIpc) is 3.23. The number of quaternary nitrogens is 1. The summed E-state index contributed by atoms with van der Waals surface area (Å²) >= 11 is 0. The smallest absolute Gasteiger partial charge is 0.268 e. The van der Waals surface area contributed by atoms with Gasteiger partial charge in [-0.3, -0.25) is 9.36 Å². The van der Waals surface area contributed by atoms with Crippen LogP contribution in [0.3, 0.4) is 0 Å². The zero-order valence-corrected chi connectivity index (χ0v) is 42.7. The Labute approximate surface area is 385 Å². The topological polar surface area (TPSA) is 108 Å². The Kier molecular flexibility index (Phi) is 44.4. The molecule has 0 aliphatic carbocycles. The molecule has 0 rings (SSSR count). The number of likely N-dealkylation sites (N-methyl/N-ethyl adjacent to an activating group) is 1. The number of aliphatic hydroxyl groups is 1. The number of hydrogen-bond acceptors (Lipinski definition) is 6. The molecule has 368 valence electrons. The number of aliphatic hydroxyl groups excluding tert-OH is 1. The number of nitrogens with one attached hydrogen (secondary N) is 1. The van der Waals surface area contributed by atoms with Gasteiger partial charge in [0.2, 0.25) is 5.91 Å². The van der Waals surface area contributed by atoms with Crippen molar-refractivity contribution < 1.29 is 32.9 Å². The predicted molar refractivity (Wildman–Crippen MR) is 265 cm³/mol. The van der Waals surface area contributed by atoms with Gasteiger partial charge in [-0.1, -0.05) is 231 Å². The van der Waals surface area contributed by atoms with Gasteiger partial charge >= 0.3 is 0 Å². The highest BCUT2D eigenvalue weighted by atomic mass is 31.2. The van der Waals surface area contributed by atoms with Crippen LogP contribution >= 0.6 is 7.82 Å². The van der Waals surface area contributed by atoms with Crippen molar-refractivity contribution in [1.29, 1.82) is 0 Å². The molecule has 0 radical (unpaired) electrons. The van der Waals surface area contributed by atoms with E-state index in [0.717, 1.165) is 44.9 Å². The lowest BCUT2D eigenvalue weighted by Gasteiger charge is -2.30. The molecule has 0 saturated carbocycles. The Morgan fingerprint density at radius 1 is 0.565 bits per heavy atom. The standard InChI is InChI=1S/C53H105N2O6P/c1-6-8-10-12-14-16-18-20-21-22-23-24-25-26-27-28-29-30-31-32-33-35-37-39-41-43-45-47-53(57)54-51(50-61-62(58,59)60-49-48-55(3,4)5)52(56)46-44-42-40-38-36-34-19-17-15-13-11-9-7-2/h23-24,26-27,51-52,56H,6-22,25,28-50H2,1-5H3,(H-,54,57,58,59)/b24-23-,27-26-. The highest BCUT2D eigenvalue weighted by Crippen LogP contribution is 2.38. The van der Waals surface area contributed by atoms with Gasteiger partial charge in [0.25, 0.3) is 7.82 Å². The monoisotopic (exact) mass is 897 g/mol. The van der Waals surface area contributed by atoms with Crippen molar-refractivity contribution in [2.75, 3.05) is 40.9 Å². The van der Waals surface area contributed by atoms with Crippen molar-refractivity contribution in [3.63, 3.8) is 0 Å². The van der Waals surface area contributed by atoms with Crippen LogP contribution in [0.5, 0.6) is 0 Å². The van der Waals surface area contributed by atoms with E-state index in [9.17, 15) is 19.4 Å². The summed E-state index contributed by atoms with van der Waals surface area (Å²) in [5.41, 5.74) is 0. The highest BCUT2D eigenvalue weighted by Gasteiger charge is 2.24. The molecule has 62 heavy (non-hydrogen) atoms. The lowest BCUT2D eigenvalue weighted by Crippen LogP contribution is -2.46. The second kappa shape index (κ2) is 45.1. The maximum absolute atomic E-state index is 12.9. The van der Waals surface area contributed by atoms with Crippen LogP contribution in [0.15, 0.2) is 24.3 Å². The molecular formula is C53H105N2O6P. The van der Waals surface area contributed by atoms with Gasteiger partial charge in [-0.05, 0) is 44.9 Å². The van der Waals surface area contributed by atoms with Crippen molar-refractivity contribution in [1.82, 2.24) is 5.32 Å². The van der Waals surface area contributed by atoms with Gasteiger partial charge in [0.15, 0.2) is 0 Å². The molecule has 3 unspecified atom stereocenters. The molecule has 0 spiro atoms. The quantitative estimate of drug-likeness (QED) is 0.0273. The minimum absolute atomic E-state index is 0.0128.